The van der Waals surface area contributed by atoms with E-state index in [1.807, 2.05) is 6.92 Å². The second kappa shape index (κ2) is 10.4. The lowest BCUT2D eigenvalue weighted by atomic mass is 10.2. The van der Waals surface area contributed by atoms with Crippen molar-refractivity contribution in [2.24, 2.45) is 4.99 Å². The molecule has 22 heavy (non-hydrogen) atoms. The molecule has 0 bridgehead atoms. The Hall–Kier alpha value is -0.410. The summed E-state index contributed by atoms with van der Waals surface area (Å²) in [6, 6.07) is 4.88. The molecule has 1 atom stereocenters. The molecule has 0 radical (unpaired) electrons. The molecular weight excluding hydrogens is 464 g/mol. The number of benzene rings is 1. The molecule has 0 aromatic heterocycles. The first kappa shape index (κ1) is 19.6. The van der Waals surface area contributed by atoms with Gasteiger partial charge >= 0.3 is 0 Å². The molecule has 1 aliphatic rings. The molecule has 0 spiro atoms. The molecule has 4 nitrogen and oxygen atoms in total. The minimum absolute atomic E-state index is 0. The van der Waals surface area contributed by atoms with E-state index in [2.05, 4.69) is 31.6 Å². The van der Waals surface area contributed by atoms with Gasteiger partial charge in [-0.1, -0.05) is 15.9 Å². The highest BCUT2D eigenvalue weighted by molar-refractivity contribution is 14.0. The normalized spacial score (nSPS) is 18.0. The molecular formula is C15H22BrFIN3O. The predicted octanol–water partition coefficient (Wildman–Crippen LogP) is 3.44. The molecule has 1 unspecified atom stereocenters. The zero-order valence-corrected chi connectivity index (χ0v) is 16.5. The molecule has 0 saturated carbocycles. The fraction of sp³-hybridized carbons (Fsp3) is 0.533. The van der Waals surface area contributed by atoms with E-state index in [9.17, 15) is 4.39 Å². The fourth-order valence-corrected chi connectivity index (χ4v) is 2.59. The molecule has 1 fully saturated rings. The summed E-state index contributed by atoms with van der Waals surface area (Å²) in [6.07, 6.45) is 2.44. The van der Waals surface area contributed by atoms with Gasteiger partial charge in [0.2, 0.25) is 0 Å². The summed E-state index contributed by atoms with van der Waals surface area (Å²) in [7, 11) is 0. The van der Waals surface area contributed by atoms with Crippen LogP contribution < -0.4 is 10.6 Å². The third-order valence-electron chi connectivity index (χ3n) is 3.28. The van der Waals surface area contributed by atoms with Crippen LogP contribution in [0.1, 0.15) is 25.3 Å². The maximum Gasteiger partial charge on any atom is 0.191 e. The lowest BCUT2D eigenvalue weighted by Gasteiger charge is -2.14. The highest BCUT2D eigenvalue weighted by atomic mass is 127. The Balaban J connectivity index is 0.00000242. The van der Waals surface area contributed by atoms with Crippen molar-refractivity contribution in [3.8, 4) is 0 Å². The van der Waals surface area contributed by atoms with Crippen LogP contribution in [0.25, 0.3) is 0 Å². The van der Waals surface area contributed by atoms with Crippen molar-refractivity contribution in [1.82, 2.24) is 10.6 Å². The number of ether oxygens (including phenoxy) is 1. The van der Waals surface area contributed by atoms with Gasteiger partial charge in [0.05, 0.1) is 12.6 Å². The summed E-state index contributed by atoms with van der Waals surface area (Å²) in [5.41, 5.74) is 0.568. The van der Waals surface area contributed by atoms with Crippen LogP contribution in [0, 0.1) is 5.82 Å². The SMILES string of the molecule is CCNC(=NCc1cc(Br)ccc1F)NCC1CCCO1.I. The molecule has 1 heterocycles. The number of guanidine groups is 1. The maximum atomic E-state index is 13.7. The average molecular weight is 486 g/mol. The number of rotatable bonds is 5. The van der Waals surface area contributed by atoms with Gasteiger partial charge in [0.1, 0.15) is 5.82 Å². The Labute approximate surface area is 156 Å². The predicted molar refractivity (Wildman–Crippen MR) is 101 cm³/mol. The van der Waals surface area contributed by atoms with Crippen molar-refractivity contribution in [3.63, 3.8) is 0 Å². The van der Waals surface area contributed by atoms with Gasteiger partial charge in [-0.15, -0.1) is 24.0 Å². The van der Waals surface area contributed by atoms with E-state index in [1.54, 1.807) is 12.1 Å². The molecule has 1 aromatic carbocycles. The summed E-state index contributed by atoms with van der Waals surface area (Å²) >= 11 is 3.35. The standard InChI is InChI=1S/C15H21BrFN3O.HI/c1-2-18-15(20-10-13-4-3-7-21-13)19-9-11-8-12(16)5-6-14(11)17;/h5-6,8,13H,2-4,7,9-10H2,1H3,(H2,18,19,20);1H. The number of aliphatic imine (C=N–C) groups is 1. The first-order valence-corrected chi connectivity index (χ1v) is 8.06. The summed E-state index contributed by atoms with van der Waals surface area (Å²) in [5, 5.41) is 6.41. The average Bonchev–Trinajstić information content (AvgIpc) is 2.98. The minimum Gasteiger partial charge on any atom is -0.376 e. The summed E-state index contributed by atoms with van der Waals surface area (Å²) in [4.78, 5) is 4.42. The summed E-state index contributed by atoms with van der Waals surface area (Å²) in [5.74, 6) is 0.448. The second-order valence-corrected chi connectivity index (χ2v) is 5.86. The van der Waals surface area contributed by atoms with Crippen LogP contribution in [0.2, 0.25) is 0 Å². The molecule has 1 aromatic rings. The topological polar surface area (TPSA) is 45.7 Å². The van der Waals surface area contributed by atoms with Crippen molar-refractivity contribution in [3.05, 3.63) is 34.1 Å². The fourth-order valence-electron chi connectivity index (χ4n) is 2.19. The van der Waals surface area contributed by atoms with Crippen molar-refractivity contribution in [1.29, 1.82) is 0 Å². The Kier molecular flexibility index (Phi) is 9.27. The Morgan fingerprint density at radius 2 is 2.27 bits per heavy atom. The Morgan fingerprint density at radius 3 is 2.95 bits per heavy atom. The summed E-state index contributed by atoms with van der Waals surface area (Å²) in [6.45, 7) is 4.63. The lowest BCUT2D eigenvalue weighted by molar-refractivity contribution is 0.114. The number of nitrogens with zero attached hydrogens (tertiary/aromatic N) is 1. The molecule has 2 N–H and O–H groups in total. The molecule has 124 valence electrons. The number of hydrogen-bond acceptors (Lipinski definition) is 2. The van der Waals surface area contributed by atoms with E-state index in [0.29, 0.717) is 18.1 Å². The second-order valence-electron chi connectivity index (χ2n) is 4.95. The Morgan fingerprint density at radius 1 is 1.45 bits per heavy atom. The van der Waals surface area contributed by atoms with Gasteiger partial charge in [-0.05, 0) is 38.0 Å². The third-order valence-corrected chi connectivity index (χ3v) is 3.77. The van der Waals surface area contributed by atoms with Crippen LogP contribution >= 0.6 is 39.9 Å². The van der Waals surface area contributed by atoms with Gasteiger partial charge in [-0.2, -0.15) is 0 Å². The van der Waals surface area contributed by atoms with Crippen molar-refractivity contribution < 1.29 is 9.13 Å². The van der Waals surface area contributed by atoms with Crippen LogP contribution in [0.5, 0.6) is 0 Å². The highest BCUT2D eigenvalue weighted by Crippen LogP contribution is 2.16. The first-order chi connectivity index (χ1) is 10.2. The maximum absolute atomic E-state index is 13.7. The van der Waals surface area contributed by atoms with E-state index in [4.69, 9.17) is 4.74 Å². The molecule has 0 aliphatic carbocycles. The molecule has 1 saturated heterocycles. The van der Waals surface area contributed by atoms with Crippen molar-refractivity contribution in [2.45, 2.75) is 32.4 Å². The molecule has 7 heteroatoms. The van der Waals surface area contributed by atoms with Crippen molar-refractivity contribution in [2.75, 3.05) is 19.7 Å². The van der Waals surface area contributed by atoms with Gasteiger partial charge in [-0.25, -0.2) is 9.38 Å². The third kappa shape index (κ3) is 6.37. The zero-order chi connectivity index (χ0) is 15.1. The van der Waals surface area contributed by atoms with Gasteiger partial charge in [-0.3, -0.25) is 0 Å². The van der Waals surface area contributed by atoms with Crippen LogP contribution in [0.3, 0.4) is 0 Å². The number of nitrogens with one attached hydrogen (secondary N) is 2. The summed E-state index contributed by atoms with van der Waals surface area (Å²) < 4.78 is 20.1. The molecule has 1 aliphatic heterocycles. The van der Waals surface area contributed by atoms with E-state index in [-0.39, 0.29) is 35.9 Å². The van der Waals surface area contributed by atoms with E-state index < -0.39 is 0 Å². The Bertz CT molecular complexity index is 496. The van der Waals surface area contributed by atoms with Crippen LogP contribution in [0.15, 0.2) is 27.7 Å². The first-order valence-electron chi connectivity index (χ1n) is 7.26. The largest absolute Gasteiger partial charge is 0.376 e. The highest BCUT2D eigenvalue weighted by Gasteiger charge is 2.15. The number of hydrogen-bond donors (Lipinski definition) is 2. The van der Waals surface area contributed by atoms with E-state index in [1.165, 1.54) is 6.07 Å². The smallest absolute Gasteiger partial charge is 0.191 e. The van der Waals surface area contributed by atoms with Gasteiger partial charge < -0.3 is 15.4 Å². The van der Waals surface area contributed by atoms with E-state index >= 15 is 0 Å². The van der Waals surface area contributed by atoms with Crippen LogP contribution in [-0.2, 0) is 11.3 Å². The zero-order valence-electron chi connectivity index (χ0n) is 12.6. The van der Waals surface area contributed by atoms with Gasteiger partial charge in [0.15, 0.2) is 5.96 Å². The van der Waals surface area contributed by atoms with Crippen LogP contribution in [-0.4, -0.2) is 31.8 Å². The number of halogens is 3. The monoisotopic (exact) mass is 485 g/mol. The van der Waals surface area contributed by atoms with Gasteiger partial charge in [0.25, 0.3) is 0 Å². The minimum atomic E-state index is -0.239. The van der Waals surface area contributed by atoms with Crippen molar-refractivity contribution >= 4 is 45.9 Å². The van der Waals surface area contributed by atoms with Gasteiger partial charge in [0, 0.05) is 29.7 Å². The molecule has 2 rings (SSSR count). The lowest BCUT2D eigenvalue weighted by Crippen LogP contribution is -2.41. The quantitative estimate of drug-likeness (QED) is 0.381. The van der Waals surface area contributed by atoms with E-state index in [0.717, 1.165) is 37.0 Å². The van der Waals surface area contributed by atoms with Crippen LogP contribution in [0.4, 0.5) is 4.39 Å². The molecule has 0 amide bonds.